The first kappa shape index (κ1) is 13.4. The van der Waals surface area contributed by atoms with Crippen LogP contribution in [-0.4, -0.2) is 12.5 Å². The molecular formula is C14H19ClN2O. The molecule has 98 valence electrons. The summed E-state index contributed by atoms with van der Waals surface area (Å²) < 4.78 is 0. The first-order chi connectivity index (χ1) is 8.61. The van der Waals surface area contributed by atoms with Gasteiger partial charge in [0.1, 0.15) is 0 Å². The van der Waals surface area contributed by atoms with Gasteiger partial charge >= 0.3 is 0 Å². The molecule has 0 heterocycles. The summed E-state index contributed by atoms with van der Waals surface area (Å²) in [5.74, 6) is 0.591. The third-order valence-corrected chi connectivity index (χ3v) is 3.63. The number of rotatable bonds is 5. The van der Waals surface area contributed by atoms with Gasteiger partial charge in [-0.2, -0.15) is 0 Å². The lowest BCUT2D eigenvalue weighted by atomic mass is 9.99. The van der Waals surface area contributed by atoms with Gasteiger partial charge in [-0.15, -0.1) is 0 Å². The highest BCUT2D eigenvalue weighted by atomic mass is 35.5. The molecule has 0 spiro atoms. The quantitative estimate of drug-likeness (QED) is 0.860. The highest BCUT2D eigenvalue weighted by Crippen LogP contribution is 2.41. The Hall–Kier alpha value is -1.06. The van der Waals surface area contributed by atoms with Gasteiger partial charge in [0.25, 0.3) is 0 Å². The number of carbonyl (C=O) groups is 1. The molecule has 1 saturated carbocycles. The monoisotopic (exact) mass is 266 g/mol. The number of nitrogens with one attached hydrogen (secondary N) is 1. The van der Waals surface area contributed by atoms with E-state index in [-0.39, 0.29) is 11.9 Å². The summed E-state index contributed by atoms with van der Waals surface area (Å²) >= 11 is 6.18. The van der Waals surface area contributed by atoms with Crippen LogP contribution in [0.4, 0.5) is 0 Å². The van der Waals surface area contributed by atoms with Crippen LogP contribution in [0.3, 0.4) is 0 Å². The number of carbonyl (C=O) groups excluding carboxylic acids is 1. The van der Waals surface area contributed by atoms with Crippen molar-refractivity contribution in [3.63, 3.8) is 0 Å². The minimum atomic E-state index is 0.00619. The molecule has 4 heteroatoms. The fourth-order valence-corrected chi connectivity index (χ4v) is 2.36. The van der Waals surface area contributed by atoms with Crippen molar-refractivity contribution in [3.8, 4) is 0 Å². The first-order valence-corrected chi connectivity index (χ1v) is 6.80. The number of benzene rings is 1. The van der Waals surface area contributed by atoms with E-state index in [1.807, 2.05) is 25.1 Å². The fraction of sp³-hybridized carbons (Fsp3) is 0.500. The van der Waals surface area contributed by atoms with Gasteiger partial charge in [-0.25, -0.2) is 0 Å². The second-order valence-electron chi connectivity index (χ2n) is 4.85. The van der Waals surface area contributed by atoms with Gasteiger partial charge < -0.3 is 11.1 Å². The summed E-state index contributed by atoms with van der Waals surface area (Å²) in [6.45, 7) is 2.56. The maximum atomic E-state index is 11.5. The van der Waals surface area contributed by atoms with Crippen molar-refractivity contribution in [1.82, 2.24) is 5.32 Å². The predicted molar refractivity (Wildman–Crippen MR) is 73.5 cm³/mol. The van der Waals surface area contributed by atoms with E-state index in [2.05, 4.69) is 5.32 Å². The van der Waals surface area contributed by atoms with Gasteiger partial charge in [0.15, 0.2) is 0 Å². The molecule has 1 fully saturated rings. The van der Waals surface area contributed by atoms with Gasteiger partial charge in [0.05, 0.1) is 6.42 Å². The molecule has 0 aromatic heterocycles. The zero-order valence-corrected chi connectivity index (χ0v) is 11.3. The molecule has 0 radical (unpaired) electrons. The van der Waals surface area contributed by atoms with Crippen LogP contribution in [0, 0.1) is 5.92 Å². The molecule has 0 aliphatic heterocycles. The standard InChI is InChI=1S/C14H19ClN2O/c1-2-17-13(18)8-9-3-6-12(15)11(7-9)14(16)10-4-5-10/h3,6-7,10,14H,2,4-5,8,16H2,1H3,(H,17,18). The summed E-state index contributed by atoms with van der Waals surface area (Å²) in [5, 5.41) is 3.49. The molecule has 18 heavy (non-hydrogen) atoms. The zero-order valence-electron chi connectivity index (χ0n) is 10.6. The maximum Gasteiger partial charge on any atom is 0.224 e. The largest absolute Gasteiger partial charge is 0.356 e. The first-order valence-electron chi connectivity index (χ1n) is 6.42. The van der Waals surface area contributed by atoms with E-state index in [1.54, 1.807) is 0 Å². The van der Waals surface area contributed by atoms with Crippen LogP contribution in [0.25, 0.3) is 0 Å². The molecular weight excluding hydrogens is 248 g/mol. The van der Waals surface area contributed by atoms with Crippen LogP contribution in [0.1, 0.15) is 36.9 Å². The number of amides is 1. The Morgan fingerprint density at radius 1 is 1.56 bits per heavy atom. The number of nitrogens with two attached hydrogens (primary N) is 1. The minimum absolute atomic E-state index is 0.00619. The SMILES string of the molecule is CCNC(=O)Cc1ccc(Cl)c(C(N)C2CC2)c1. The average molecular weight is 267 g/mol. The van der Waals surface area contributed by atoms with E-state index >= 15 is 0 Å². The summed E-state index contributed by atoms with van der Waals surface area (Å²) in [7, 11) is 0. The van der Waals surface area contributed by atoms with Crippen LogP contribution in [-0.2, 0) is 11.2 Å². The molecule has 1 aliphatic rings. The summed E-state index contributed by atoms with van der Waals surface area (Å²) in [6.07, 6.45) is 2.74. The second kappa shape index (κ2) is 5.72. The zero-order chi connectivity index (χ0) is 13.1. The third-order valence-electron chi connectivity index (χ3n) is 3.29. The Morgan fingerprint density at radius 2 is 2.28 bits per heavy atom. The summed E-state index contributed by atoms with van der Waals surface area (Å²) in [4.78, 5) is 11.5. The van der Waals surface area contributed by atoms with Gasteiger partial charge in [0.2, 0.25) is 5.91 Å². The Balaban J connectivity index is 2.12. The van der Waals surface area contributed by atoms with Crippen molar-refractivity contribution in [2.75, 3.05) is 6.54 Å². The Bertz CT molecular complexity index is 443. The average Bonchev–Trinajstić information content (AvgIpc) is 3.15. The van der Waals surface area contributed by atoms with E-state index in [1.165, 1.54) is 12.8 Å². The minimum Gasteiger partial charge on any atom is -0.356 e. The topological polar surface area (TPSA) is 55.1 Å². The van der Waals surface area contributed by atoms with Gasteiger partial charge in [-0.3, -0.25) is 4.79 Å². The molecule has 0 bridgehead atoms. The molecule has 3 nitrogen and oxygen atoms in total. The van der Waals surface area contributed by atoms with E-state index in [0.29, 0.717) is 23.9 Å². The van der Waals surface area contributed by atoms with E-state index < -0.39 is 0 Å². The van der Waals surface area contributed by atoms with Crippen molar-refractivity contribution in [3.05, 3.63) is 34.3 Å². The molecule has 2 rings (SSSR count). The van der Waals surface area contributed by atoms with Crippen molar-refractivity contribution in [1.29, 1.82) is 0 Å². The molecule has 1 atom stereocenters. The lowest BCUT2D eigenvalue weighted by molar-refractivity contribution is -0.120. The fourth-order valence-electron chi connectivity index (χ4n) is 2.11. The molecule has 0 saturated heterocycles. The van der Waals surface area contributed by atoms with Crippen LogP contribution >= 0.6 is 11.6 Å². The molecule has 1 aromatic rings. The van der Waals surface area contributed by atoms with Gasteiger partial charge in [0, 0.05) is 17.6 Å². The number of halogens is 1. The lowest BCUT2D eigenvalue weighted by Crippen LogP contribution is -2.24. The van der Waals surface area contributed by atoms with E-state index in [4.69, 9.17) is 17.3 Å². The van der Waals surface area contributed by atoms with Crippen molar-refractivity contribution < 1.29 is 4.79 Å². The van der Waals surface area contributed by atoms with E-state index in [0.717, 1.165) is 11.1 Å². The number of hydrogen-bond donors (Lipinski definition) is 2. The summed E-state index contributed by atoms with van der Waals surface area (Å²) in [6, 6.07) is 5.71. The second-order valence-corrected chi connectivity index (χ2v) is 5.26. The Morgan fingerprint density at radius 3 is 2.89 bits per heavy atom. The molecule has 1 aliphatic carbocycles. The van der Waals surface area contributed by atoms with Crippen LogP contribution in [0.2, 0.25) is 5.02 Å². The molecule has 1 aromatic carbocycles. The predicted octanol–water partition coefficient (Wildman–Crippen LogP) is 2.43. The third kappa shape index (κ3) is 3.24. The molecule has 3 N–H and O–H groups in total. The maximum absolute atomic E-state index is 11.5. The highest BCUT2D eigenvalue weighted by molar-refractivity contribution is 6.31. The molecule has 1 amide bonds. The van der Waals surface area contributed by atoms with Gasteiger partial charge in [-0.1, -0.05) is 23.7 Å². The van der Waals surface area contributed by atoms with Gasteiger partial charge in [-0.05, 0) is 42.9 Å². The number of likely N-dealkylation sites (N-methyl/N-ethyl adjacent to an activating group) is 1. The summed E-state index contributed by atoms with van der Waals surface area (Å²) in [5.41, 5.74) is 8.12. The van der Waals surface area contributed by atoms with Crippen LogP contribution in [0.5, 0.6) is 0 Å². The van der Waals surface area contributed by atoms with E-state index in [9.17, 15) is 4.79 Å². The Labute approximate surface area is 113 Å². The lowest BCUT2D eigenvalue weighted by Gasteiger charge is -2.14. The molecule has 1 unspecified atom stereocenters. The van der Waals surface area contributed by atoms with Crippen molar-refractivity contribution >= 4 is 17.5 Å². The van der Waals surface area contributed by atoms with Crippen LogP contribution in [0.15, 0.2) is 18.2 Å². The van der Waals surface area contributed by atoms with Crippen LogP contribution < -0.4 is 11.1 Å². The normalized spacial score (nSPS) is 16.4. The number of hydrogen-bond acceptors (Lipinski definition) is 2. The van der Waals surface area contributed by atoms with Crippen molar-refractivity contribution in [2.45, 2.75) is 32.2 Å². The smallest absolute Gasteiger partial charge is 0.224 e. The Kier molecular flexibility index (Phi) is 4.25. The highest BCUT2D eigenvalue weighted by Gasteiger charge is 2.30. The van der Waals surface area contributed by atoms with Crippen molar-refractivity contribution in [2.24, 2.45) is 11.7 Å².